The lowest BCUT2D eigenvalue weighted by atomic mass is 10.0. The fraction of sp³-hybridized carbons (Fsp3) is 0.273. The summed E-state index contributed by atoms with van der Waals surface area (Å²) < 4.78 is 14.9. The van der Waals surface area contributed by atoms with Gasteiger partial charge >= 0.3 is 5.97 Å². The highest BCUT2D eigenvalue weighted by Crippen LogP contribution is 2.20. The van der Waals surface area contributed by atoms with Crippen molar-refractivity contribution in [2.75, 3.05) is 0 Å². The van der Waals surface area contributed by atoms with Crippen LogP contribution in [0.3, 0.4) is 0 Å². The lowest BCUT2D eigenvalue weighted by Crippen LogP contribution is -2.24. The number of aryl methyl sites for hydroxylation is 1. The van der Waals surface area contributed by atoms with Gasteiger partial charge in [0.2, 0.25) is 0 Å². The lowest BCUT2D eigenvalue weighted by molar-refractivity contribution is -0.137. The quantitative estimate of drug-likeness (QED) is 0.563. The molecular weight excluding hydrogens is 403 g/mol. The number of rotatable bonds is 7. The van der Waals surface area contributed by atoms with E-state index in [1.807, 2.05) is 0 Å². The molecular formula is C22H21FN4O4. The van der Waals surface area contributed by atoms with Crippen molar-refractivity contribution in [3.05, 3.63) is 70.0 Å². The number of unbranched alkanes of at least 4 members (excludes halogenated alkanes) is 1. The Labute approximate surface area is 176 Å². The molecule has 0 saturated heterocycles. The van der Waals surface area contributed by atoms with E-state index in [0.717, 1.165) is 5.56 Å². The average Bonchev–Trinajstić information content (AvgIpc) is 3.18. The molecule has 2 heterocycles. The summed E-state index contributed by atoms with van der Waals surface area (Å²) in [6, 6.07) is 10.8. The summed E-state index contributed by atoms with van der Waals surface area (Å²) >= 11 is 0. The topological polar surface area (TPSA) is 120 Å². The second-order valence-corrected chi connectivity index (χ2v) is 7.36. The molecule has 1 atom stereocenters. The number of carboxylic acids is 1. The molecule has 0 bridgehead atoms. The molecule has 3 N–H and O–H groups in total. The van der Waals surface area contributed by atoms with Crippen molar-refractivity contribution in [1.82, 2.24) is 9.55 Å². The van der Waals surface area contributed by atoms with E-state index in [1.165, 1.54) is 28.8 Å². The molecule has 1 unspecified atom stereocenters. The van der Waals surface area contributed by atoms with Crippen molar-refractivity contribution in [3.8, 4) is 5.69 Å². The molecule has 9 heteroatoms. The first kappa shape index (κ1) is 20.7. The Hall–Kier alpha value is -3.59. The first-order chi connectivity index (χ1) is 14.9. The molecule has 1 aliphatic heterocycles. The highest BCUT2D eigenvalue weighted by atomic mass is 19.1. The van der Waals surface area contributed by atoms with Crippen LogP contribution in [0.4, 0.5) is 4.39 Å². The molecule has 0 radical (unpaired) electrons. The minimum absolute atomic E-state index is 0.0403. The number of fused-ring (bicyclic) bond motifs is 1. The molecule has 160 valence electrons. The Morgan fingerprint density at radius 2 is 2.00 bits per heavy atom. The summed E-state index contributed by atoms with van der Waals surface area (Å²) in [5.41, 5.74) is 7.90. The van der Waals surface area contributed by atoms with E-state index >= 15 is 0 Å². The zero-order chi connectivity index (χ0) is 22.0. The Morgan fingerprint density at radius 3 is 2.68 bits per heavy atom. The van der Waals surface area contributed by atoms with Crippen molar-refractivity contribution in [3.63, 3.8) is 0 Å². The van der Waals surface area contributed by atoms with Crippen molar-refractivity contribution < 1.29 is 19.1 Å². The average molecular weight is 424 g/mol. The zero-order valence-corrected chi connectivity index (χ0v) is 16.6. The monoisotopic (exact) mass is 424 g/mol. The number of benzene rings is 2. The number of oxime groups is 1. The minimum atomic E-state index is -0.871. The van der Waals surface area contributed by atoms with Crippen LogP contribution in [-0.4, -0.2) is 32.6 Å². The van der Waals surface area contributed by atoms with Gasteiger partial charge < -0.3 is 9.94 Å². The summed E-state index contributed by atoms with van der Waals surface area (Å²) in [6.07, 6.45) is 1.41. The third-order valence-electron chi connectivity index (χ3n) is 5.09. The molecule has 0 saturated carbocycles. The largest absolute Gasteiger partial charge is 0.481 e. The molecule has 0 fully saturated rings. The number of halogens is 1. The number of hydrogen-bond donors (Lipinski definition) is 2. The number of hydrogen-bond acceptors (Lipinski definition) is 6. The number of nitrogens with two attached hydrogens (primary N) is 1. The highest BCUT2D eigenvalue weighted by molar-refractivity contribution is 6.03. The molecule has 0 spiro atoms. The Morgan fingerprint density at radius 1 is 1.23 bits per heavy atom. The molecule has 8 nitrogen and oxygen atoms in total. The fourth-order valence-electron chi connectivity index (χ4n) is 3.56. The van der Waals surface area contributed by atoms with Gasteiger partial charge in [-0.1, -0.05) is 11.2 Å². The smallest absolute Gasteiger partial charge is 0.303 e. The Kier molecular flexibility index (Phi) is 5.77. The predicted molar refractivity (Wildman–Crippen MR) is 113 cm³/mol. The molecule has 4 rings (SSSR count). The van der Waals surface area contributed by atoms with Crippen molar-refractivity contribution in [1.29, 1.82) is 0 Å². The van der Waals surface area contributed by atoms with Crippen molar-refractivity contribution in [2.45, 2.75) is 38.3 Å². The van der Waals surface area contributed by atoms with Gasteiger partial charge in [0.15, 0.2) is 6.23 Å². The summed E-state index contributed by atoms with van der Waals surface area (Å²) in [5.74, 6) is -0.797. The van der Waals surface area contributed by atoms with Crippen LogP contribution >= 0.6 is 0 Å². The fourth-order valence-corrected chi connectivity index (χ4v) is 3.56. The number of aromatic nitrogens is 2. The first-order valence-electron chi connectivity index (χ1n) is 9.94. The van der Waals surface area contributed by atoms with E-state index in [9.17, 15) is 14.0 Å². The lowest BCUT2D eigenvalue weighted by Gasteiger charge is -2.14. The van der Waals surface area contributed by atoms with Crippen molar-refractivity contribution >= 4 is 22.6 Å². The minimum Gasteiger partial charge on any atom is -0.481 e. The standard InChI is InChI=1S/C22H21FN4O4/c23-14-6-8-15(9-7-14)27-20(3-1-2-4-21(28)29)25-18-11-13(5-10-16(18)22(27)30)17-12-19(24)31-26-17/h5-11,19H,1-4,12,24H2,(H,28,29). The van der Waals surface area contributed by atoms with Crippen LogP contribution in [0, 0.1) is 5.82 Å². The summed E-state index contributed by atoms with van der Waals surface area (Å²) in [5, 5.41) is 13.3. The Balaban J connectivity index is 1.78. The SMILES string of the molecule is NC1CC(c2ccc3c(=O)n(-c4ccc(F)cc4)c(CCCCC(=O)O)nc3c2)=NO1. The maximum atomic E-state index is 13.4. The van der Waals surface area contributed by atoms with Crippen LogP contribution in [0.1, 0.15) is 37.1 Å². The van der Waals surface area contributed by atoms with E-state index < -0.39 is 18.0 Å². The van der Waals surface area contributed by atoms with Crippen LogP contribution in [0.5, 0.6) is 0 Å². The first-order valence-corrected chi connectivity index (χ1v) is 9.94. The van der Waals surface area contributed by atoms with Gasteiger partial charge in [-0.2, -0.15) is 0 Å². The number of aliphatic carboxylic acids is 1. The second-order valence-electron chi connectivity index (χ2n) is 7.36. The van der Waals surface area contributed by atoms with E-state index in [1.54, 1.807) is 18.2 Å². The van der Waals surface area contributed by atoms with E-state index in [-0.39, 0.29) is 12.0 Å². The highest BCUT2D eigenvalue weighted by Gasteiger charge is 2.20. The number of carbonyl (C=O) groups is 1. The number of carboxylic acid groups (broad SMARTS) is 1. The maximum absolute atomic E-state index is 13.4. The molecule has 2 aromatic carbocycles. The van der Waals surface area contributed by atoms with Gasteiger partial charge in [0.05, 0.1) is 22.3 Å². The van der Waals surface area contributed by atoms with Crippen LogP contribution in [-0.2, 0) is 16.1 Å². The van der Waals surface area contributed by atoms with Crippen LogP contribution < -0.4 is 11.3 Å². The molecule has 31 heavy (non-hydrogen) atoms. The van der Waals surface area contributed by atoms with E-state index in [2.05, 4.69) is 5.16 Å². The van der Waals surface area contributed by atoms with Gasteiger partial charge in [-0.15, -0.1) is 0 Å². The van der Waals surface area contributed by atoms with Gasteiger partial charge in [0, 0.05) is 24.8 Å². The van der Waals surface area contributed by atoms with Gasteiger partial charge in [0.1, 0.15) is 11.6 Å². The summed E-state index contributed by atoms with van der Waals surface area (Å²) in [7, 11) is 0. The molecule has 1 aromatic heterocycles. The third kappa shape index (κ3) is 4.46. The van der Waals surface area contributed by atoms with Gasteiger partial charge in [0.25, 0.3) is 5.56 Å². The van der Waals surface area contributed by atoms with Crippen LogP contribution in [0.25, 0.3) is 16.6 Å². The molecule has 3 aromatic rings. The third-order valence-corrected chi connectivity index (χ3v) is 5.09. The van der Waals surface area contributed by atoms with Crippen molar-refractivity contribution in [2.24, 2.45) is 10.9 Å². The van der Waals surface area contributed by atoms with Gasteiger partial charge in [-0.25, -0.2) is 9.37 Å². The van der Waals surface area contributed by atoms with E-state index in [0.29, 0.717) is 53.8 Å². The number of nitrogens with zero attached hydrogens (tertiary/aromatic N) is 3. The molecule has 1 aliphatic rings. The van der Waals surface area contributed by atoms with Crippen LogP contribution in [0.2, 0.25) is 0 Å². The molecule has 0 aliphatic carbocycles. The summed E-state index contributed by atoms with van der Waals surface area (Å²) in [6.45, 7) is 0. The van der Waals surface area contributed by atoms with Crippen LogP contribution in [0.15, 0.2) is 52.4 Å². The Bertz CT molecular complexity index is 1220. The maximum Gasteiger partial charge on any atom is 0.303 e. The summed E-state index contributed by atoms with van der Waals surface area (Å²) in [4.78, 5) is 33.9. The zero-order valence-electron chi connectivity index (χ0n) is 16.6. The second kappa shape index (κ2) is 8.65. The van der Waals surface area contributed by atoms with E-state index in [4.69, 9.17) is 20.7 Å². The van der Waals surface area contributed by atoms with Gasteiger partial charge in [-0.05, 0) is 49.2 Å². The van der Waals surface area contributed by atoms with Gasteiger partial charge in [-0.3, -0.25) is 19.9 Å². The normalized spacial score (nSPS) is 15.7. The predicted octanol–water partition coefficient (Wildman–Crippen LogP) is 2.73. The molecule has 0 amide bonds.